The van der Waals surface area contributed by atoms with Crippen molar-refractivity contribution in [2.45, 2.75) is 52.7 Å². The van der Waals surface area contributed by atoms with Crippen LogP contribution in [0.15, 0.2) is 53.5 Å². The first kappa shape index (κ1) is 22.3. The molecule has 0 unspecified atom stereocenters. The third-order valence-corrected chi connectivity index (χ3v) is 6.11. The summed E-state index contributed by atoms with van der Waals surface area (Å²) >= 11 is 0. The molecule has 4 rings (SSSR count). The van der Waals surface area contributed by atoms with Gasteiger partial charge in [-0.15, -0.1) is 0 Å². The van der Waals surface area contributed by atoms with Gasteiger partial charge in [-0.1, -0.05) is 62.7 Å². The molecule has 0 aliphatic carbocycles. The summed E-state index contributed by atoms with van der Waals surface area (Å²) in [6, 6.07) is 13.2. The molecule has 0 bridgehead atoms. The molecule has 0 radical (unpaired) electrons. The van der Waals surface area contributed by atoms with Gasteiger partial charge < -0.3 is 5.11 Å². The maximum atomic E-state index is 15.3. The van der Waals surface area contributed by atoms with Crippen LogP contribution in [0.4, 0.5) is 4.39 Å². The number of aromatic hydroxyl groups is 1. The van der Waals surface area contributed by atoms with Crippen LogP contribution in [0.3, 0.4) is 0 Å². The summed E-state index contributed by atoms with van der Waals surface area (Å²) in [5.74, 6) is 0.0833. The second-order valence-corrected chi connectivity index (χ2v) is 9.21. The van der Waals surface area contributed by atoms with Gasteiger partial charge in [0.05, 0.1) is 12.7 Å². The van der Waals surface area contributed by atoms with Crippen molar-refractivity contribution in [3.8, 4) is 17.0 Å². The van der Waals surface area contributed by atoms with Crippen LogP contribution in [0, 0.1) is 11.7 Å². The van der Waals surface area contributed by atoms with Crippen molar-refractivity contribution in [2.24, 2.45) is 5.92 Å². The molecule has 0 atom stereocenters. The molecule has 1 fully saturated rings. The molecule has 1 aliphatic rings. The average molecular weight is 438 g/mol. The number of aromatic nitrogens is 2. The number of halogens is 1. The highest BCUT2D eigenvalue weighted by Crippen LogP contribution is 2.27. The van der Waals surface area contributed by atoms with E-state index in [2.05, 4.69) is 4.90 Å². The smallest absolute Gasteiger partial charge is 0.331 e. The highest BCUT2D eigenvalue weighted by Gasteiger charge is 2.16. The second kappa shape index (κ2) is 9.74. The van der Waals surface area contributed by atoms with Crippen LogP contribution in [0.2, 0.25) is 0 Å². The summed E-state index contributed by atoms with van der Waals surface area (Å²) in [6.07, 6.45) is 5.11. The monoisotopic (exact) mass is 437 g/mol. The minimum atomic E-state index is -0.225. The highest BCUT2D eigenvalue weighted by atomic mass is 19.1. The fourth-order valence-electron chi connectivity index (χ4n) is 4.44. The van der Waals surface area contributed by atoms with Crippen molar-refractivity contribution in [1.29, 1.82) is 0 Å². The lowest BCUT2D eigenvalue weighted by molar-refractivity contribution is 0.218. The summed E-state index contributed by atoms with van der Waals surface area (Å²) < 4.78 is 18.2. The molecule has 1 aromatic heterocycles. The molecule has 5 nitrogen and oxygen atoms in total. The van der Waals surface area contributed by atoms with E-state index in [4.69, 9.17) is 0 Å². The SMILES string of the molecule is CC(C)Cn1c(O)cn(Cc2ccc(-c3cccc(CN4CCCCC4)c3F)cc2)c1=O. The summed E-state index contributed by atoms with van der Waals surface area (Å²) in [6.45, 7) is 7.56. The molecular formula is C26H32FN3O2. The lowest BCUT2D eigenvalue weighted by Gasteiger charge is -2.26. The Morgan fingerprint density at radius 3 is 2.41 bits per heavy atom. The maximum absolute atomic E-state index is 15.3. The maximum Gasteiger partial charge on any atom is 0.331 e. The number of rotatable bonds is 7. The first-order chi connectivity index (χ1) is 15.4. The van der Waals surface area contributed by atoms with Gasteiger partial charge in [-0.25, -0.2) is 9.18 Å². The summed E-state index contributed by atoms with van der Waals surface area (Å²) in [7, 11) is 0. The summed E-state index contributed by atoms with van der Waals surface area (Å²) in [4.78, 5) is 14.9. The number of hydrogen-bond donors (Lipinski definition) is 1. The molecule has 1 saturated heterocycles. The van der Waals surface area contributed by atoms with E-state index in [0.717, 1.165) is 29.8 Å². The van der Waals surface area contributed by atoms with Gasteiger partial charge in [0.1, 0.15) is 5.82 Å². The molecule has 170 valence electrons. The standard InChI is InChI=1S/C26H32FN3O2/c1-19(2)15-30-24(31)18-29(26(30)32)16-20-9-11-21(12-10-20)23-8-6-7-22(25(23)27)17-28-13-4-3-5-14-28/h6-12,18-19,31H,3-5,13-17H2,1-2H3. The van der Waals surface area contributed by atoms with Crippen LogP contribution in [0.1, 0.15) is 44.2 Å². The number of likely N-dealkylation sites (tertiary alicyclic amines) is 1. The predicted molar refractivity (Wildman–Crippen MR) is 125 cm³/mol. The molecule has 0 amide bonds. The Kier molecular flexibility index (Phi) is 6.80. The zero-order valence-corrected chi connectivity index (χ0v) is 18.9. The van der Waals surface area contributed by atoms with Gasteiger partial charge in [-0.3, -0.25) is 14.0 Å². The molecule has 1 N–H and O–H groups in total. The van der Waals surface area contributed by atoms with Crippen LogP contribution in [-0.4, -0.2) is 32.2 Å². The topological polar surface area (TPSA) is 50.4 Å². The van der Waals surface area contributed by atoms with Crippen LogP contribution in [0.25, 0.3) is 11.1 Å². The second-order valence-electron chi connectivity index (χ2n) is 9.21. The van der Waals surface area contributed by atoms with Crippen molar-refractivity contribution in [2.75, 3.05) is 13.1 Å². The van der Waals surface area contributed by atoms with Gasteiger partial charge in [-0.2, -0.15) is 0 Å². The lowest BCUT2D eigenvalue weighted by Crippen LogP contribution is -2.29. The van der Waals surface area contributed by atoms with E-state index < -0.39 is 0 Å². The minimum Gasteiger partial charge on any atom is -0.493 e. The van der Waals surface area contributed by atoms with Crippen LogP contribution in [0.5, 0.6) is 5.88 Å². The van der Waals surface area contributed by atoms with E-state index in [-0.39, 0.29) is 23.3 Å². The van der Waals surface area contributed by atoms with E-state index >= 15 is 4.39 Å². The number of imidazole rings is 1. The van der Waals surface area contributed by atoms with Crippen molar-refractivity contribution in [3.05, 3.63) is 76.1 Å². The normalized spacial score (nSPS) is 14.9. The molecule has 32 heavy (non-hydrogen) atoms. The Balaban J connectivity index is 1.51. The molecule has 1 aliphatic heterocycles. The first-order valence-corrected chi connectivity index (χ1v) is 11.5. The van der Waals surface area contributed by atoms with Crippen molar-refractivity contribution in [1.82, 2.24) is 14.0 Å². The fourth-order valence-corrected chi connectivity index (χ4v) is 4.44. The molecule has 0 saturated carbocycles. The van der Waals surface area contributed by atoms with Gasteiger partial charge in [0.15, 0.2) is 0 Å². The molecule has 2 aromatic carbocycles. The van der Waals surface area contributed by atoms with E-state index in [1.165, 1.54) is 34.6 Å². The van der Waals surface area contributed by atoms with Gasteiger partial charge in [0, 0.05) is 24.2 Å². The Bertz CT molecular complexity index is 1110. The molecular weight excluding hydrogens is 405 g/mol. The van der Waals surface area contributed by atoms with Crippen molar-refractivity contribution < 1.29 is 9.50 Å². The molecule has 3 aromatic rings. The van der Waals surface area contributed by atoms with Gasteiger partial charge in [0.2, 0.25) is 5.88 Å². The van der Waals surface area contributed by atoms with Crippen LogP contribution < -0.4 is 5.69 Å². The van der Waals surface area contributed by atoms with Crippen molar-refractivity contribution >= 4 is 0 Å². The largest absolute Gasteiger partial charge is 0.493 e. The van der Waals surface area contributed by atoms with E-state index in [0.29, 0.717) is 25.2 Å². The number of benzene rings is 2. The van der Waals surface area contributed by atoms with E-state index in [9.17, 15) is 9.90 Å². The Morgan fingerprint density at radius 1 is 1.00 bits per heavy atom. The predicted octanol–water partition coefficient (Wildman–Crippen LogP) is 4.85. The zero-order chi connectivity index (χ0) is 22.7. The Labute approximate surface area is 188 Å². The number of nitrogens with zero attached hydrogens (tertiary/aromatic N) is 3. The van der Waals surface area contributed by atoms with E-state index in [1.807, 2.05) is 56.3 Å². The van der Waals surface area contributed by atoms with E-state index in [1.54, 1.807) is 0 Å². The third kappa shape index (κ3) is 4.96. The zero-order valence-electron chi connectivity index (χ0n) is 18.9. The fraction of sp³-hybridized carbons (Fsp3) is 0.423. The average Bonchev–Trinajstić information content (AvgIpc) is 3.03. The minimum absolute atomic E-state index is 0.0205. The quantitative estimate of drug-likeness (QED) is 0.575. The molecule has 6 heteroatoms. The van der Waals surface area contributed by atoms with Gasteiger partial charge in [-0.05, 0) is 43.0 Å². The summed E-state index contributed by atoms with van der Waals surface area (Å²) in [5.41, 5.74) is 2.85. The van der Waals surface area contributed by atoms with Crippen LogP contribution in [-0.2, 0) is 19.6 Å². The van der Waals surface area contributed by atoms with Crippen LogP contribution >= 0.6 is 0 Å². The van der Waals surface area contributed by atoms with Gasteiger partial charge in [0.25, 0.3) is 0 Å². The highest BCUT2D eigenvalue weighted by molar-refractivity contribution is 5.65. The molecule has 2 heterocycles. The van der Waals surface area contributed by atoms with Crippen molar-refractivity contribution in [3.63, 3.8) is 0 Å². The summed E-state index contributed by atoms with van der Waals surface area (Å²) in [5, 5.41) is 10.1. The third-order valence-electron chi connectivity index (χ3n) is 6.11. The number of piperidine rings is 1. The lowest BCUT2D eigenvalue weighted by atomic mass is 10.00. The first-order valence-electron chi connectivity index (χ1n) is 11.5. The molecule has 0 spiro atoms. The Morgan fingerprint density at radius 2 is 1.72 bits per heavy atom. The number of hydrogen-bond acceptors (Lipinski definition) is 3. The Hall–Kier alpha value is -2.86. The van der Waals surface area contributed by atoms with Gasteiger partial charge >= 0.3 is 5.69 Å².